The van der Waals surface area contributed by atoms with Gasteiger partial charge in [0.25, 0.3) is 5.69 Å². The first-order chi connectivity index (χ1) is 11.8. The molecule has 1 atom stereocenters. The molecule has 1 aromatic heterocycles. The van der Waals surface area contributed by atoms with Gasteiger partial charge in [-0.3, -0.25) is 10.1 Å². The van der Waals surface area contributed by atoms with Crippen molar-refractivity contribution in [1.82, 2.24) is 0 Å². The van der Waals surface area contributed by atoms with E-state index in [0.29, 0.717) is 5.76 Å². The van der Waals surface area contributed by atoms with Gasteiger partial charge in [-0.2, -0.15) is 0 Å². The number of anilines is 1. The maximum Gasteiger partial charge on any atom is 0.293 e. The SMILES string of the molecule is CC(Nc1ccc(S(C)(=O)=O)cc1[N+](=O)[O-])c1cc2ccccc2o1. The molecule has 8 heteroatoms. The topological polar surface area (TPSA) is 102 Å². The van der Waals surface area contributed by atoms with Gasteiger partial charge in [0, 0.05) is 17.7 Å². The number of nitro groups is 1. The maximum atomic E-state index is 11.6. The van der Waals surface area contributed by atoms with E-state index in [0.717, 1.165) is 23.3 Å². The van der Waals surface area contributed by atoms with E-state index < -0.39 is 14.8 Å². The number of hydrogen-bond acceptors (Lipinski definition) is 6. The summed E-state index contributed by atoms with van der Waals surface area (Å²) in [6, 6.07) is 12.8. The third kappa shape index (κ3) is 3.48. The first-order valence-corrected chi connectivity index (χ1v) is 9.38. The smallest absolute Gasteiger partial charge is 0.293 e. The molecule has 0 fully saturated rings. The van der Waals surface area contributed by atoms with Gasteiger partial charge in [0.1, 0.15) is 17.0 Å². The molecule has 0 spiro atoms. The lowest BCUT2D eigenvalue weighted by molar-refractivity contribution is -0.384. The second kappa shape index (κ2) is 6.21. The predicted octanol–water partition coefficient (Wildman–Crippen LogP) is 3.92. The van der Waals surface area contributed by atoms with Crippen LogP contribution in [0.5, 0.6) is 0 Å². The summed E-state index contributed by atoms with van der Waals surface area (Å²) in [5.41, 5.74) is 0.657. The minimum absolute atomic E-state index is 0.0962. The van der Waals surface area contributed by atoms with Crippen molar-refractivity contribution in [3.05, 3.63) is 64.4 Å². The van der Waals surface area contributed by atoms with E-state index >= 15 is 0 Å². The first-order valence-electron chi connectivity index (χ1n) is 7.49. The van der Waals surface area contributed by atoms with Crippen molar-refractivity contribution in [2.24, 2.45) is 0 Å². The van der Waals surface area contributed by atoms with E-state index in [-0.39, 0.29) is 22.3 Å². The van der Waals surface area contributed by atoms with Crippen LogP contribution in [-0.4, -0.2) is 19.6 Å². The zero-order chi connectivity index (χ0) is 18.2. The fourth-order valence-corrected chi connectivity index (χ4v) is 3.18. The standard InChI is InChI=1S/C17H16N2O5S/c1-11(17-9-12-5-3-4-6-16(12)24-17)18-14-8-7-13(25(2,22)23)10-15(14)19(20)21/h3-11,18H,1-2H3. The highest BCUT2D eigenvalue weighted by molar-refractivity contribution is 7.90. The minimum atomic E-state index is -3.52. The van der Waals surface area contributed by atoms with E-state index in [2.05, 4.69) is 5.32 Å². The summed E-state index contributed by atoms with van der Waals surface area (Å²) in [5.74, 6) is 0.627. The highest BCUT2D eigenvalue weighted by atomic mass is 32.2. The molecule has 1 heterocycles. The average molecular weight is 360 g/mol. The van der Waals surface area contributed by atoms with E-state index in [9.17, 15) is 18.5 Å². The Hall–Kier alpha value is -2.87. The Balaban J connectivity index is 1.94. The summed E-state index contributed by atoms with van der Waals surface area (Å²) in [6.45, 7) is 1.81. The molecule has 0 saturated heterocycles. The fourth-order valence-electron chi connectivity index (χ4n) is 2.54. The zero-order valence-corrected chi connectivity index (χ0v) is 14.4. The quantitative estimate of drug-likeness (QED) is 0.546. The molecule has 1 N–H and O–H groups in total. The van der Waals surface area contributed by atoms with Gasteiger partial charge in [0.15, 0.2) is 9.84 Å². The Morgan fingerprint density at radius 1 is 1.16 bits per heavy atom. The summed E-state index contributed by atoms with van der Waals surface area (Å²) in [7, 11) is -3.52. The van der Waals surface area contributed by atoms with E-state index in [4.69, 9.17) is 4.42 Å². The molecule has 0 amide bonds. The molecular weight excluding hydrogens is 344 g/mol. The van der Waals surface area contributed by atoms with E-state index in [1.807, 2.05) is 37.3 Å². The Bertz CT molecular complexity index is 1020. The molecule has 25 heavy (non-hydrogen) atoms. The van der Waals surface area contributed by atoms with Gasteiger partial charge >= 0.3 is 0 Å². The summed E-state index contributed by atoms with van der Waals surface area (Å²) in [6.07, 6.45) is 1.01. The molecule has 3 rings (SSSR count). The van der Waals surface area contributed by atoms with Gasteiger partial charge in [-0.1, -0.05) is 18.2 Å². The van der Waals surface area contributed by atoms with Gasteiger partial charge in [0.2, 0.25) is 0 Å². The van der Waals surface area contributed by atoms with Crippen LogP contribution >= 0.6 is 0 Å². The predicted molar refractivity (Wildman–Crippen MR) is 94.5 cm³/mol. The third-order valence-electron chi connectivity index (χ3n) is 3.84. The largest absolute Gasteiger partial charge is 0.459 e. The van der Waals surface area contributed by atoms with Crippen LogP contribution in [0.2, 0.25) is 0 Å². The number of hydrogen-bond donors (Lipinski definition) is 1. The molecule has 3 aromatic rings. The van der Waals surface area contributed by atoms with Crippen LogP contribution in [0.25, 0.3) is 11.0 Å². The molecule has 0 bridgehead atoms. The van der Waals surface area contributed by atoms with Crippen molar-refractivity contribution >= 4 is 32.2 Å². The van der Waals surface area contributed by atoms with Gasteiger partial charge in [-0.15, -0.1) is 0 Å². The highest BCUT2D eigenvalue weighted by Gasteiger charge is 2.21. The van der Waals surface area contributed by atoms with E-state index in [1.54, 1.807) is 0 Å². The number of para-hydroxylation sites is 1. The van der Waals surface area contributed by atoms with Crippen molar-refractivity contribution < 1.29 is 17.8 Å². The molecule has 7 nitrogen and oxygen atoms in total. The molecule has 1 unspecified atom stereocenters. The fraction of sp³-hybridized carbons (Fsp3) is 0.176. The Kier molecular flexibility index (Phi) is 4.22. The maximum absolute atomic E-state index is 11.6. The van der Waals surface area contributed by atoms with Crippen LogP contribution in [0, 0.1) is 10.1 Å². The molecule has 0 saturated carbocycles. The Labute approximate surface area is 144 Å². The number of nitrogens with one attached hydrogen (secondary N) is 1. The van der Waals surface area contributed by atoms with Crippen molar-refractivity contribution in [3.63, 3.8) is 0 Å². The van der Waals surface area contributed by atoms with Crippen molar-refractivity contribution in [2.45, 2.75) is 17.9 Å². The molecular formula is C17H16N2O5S. The molecule has 0 aliphatic carbocycles. The lowest BCUT2D eigenvalue weighted by atomic mass is 10.2. The van der Waals surface area contributed by atoms with Crippen molar-refractivity contribution in [1.29, 1.82) is 0 Å². The number of benzene rings is 2. The van der Waals surface area contributed by atoms with Crippen LogP contribution in [0.1, 0.15) is 18.7 Å². The van der Waals surface area contributed by atoms with Gasteiger partial charge in [-0.25, -0.2) is 8.42 Å². The normalized spacial score (nSPS) is 12.9. The number of sulfone groups is 1. The van der Waals surface area contributed by atoms with Crippen LogP contribution < -0.4 is 5.32 Å². The number of rotatable bonds is 5. The van der Waals surface area contributed by atoms with Gasteiger partial charge in [0.05, 0.1) is 15.9 Å². The number of nitrogens with zero attached hydrogens (tertiary/aromatic N) is 1. The Morgan fingerprint density at radius 2 is 1.88 bits per heavy atom. The van der Waals surface area contributed by atoms with Gasteiger partial charge in [-0.05, 0) is 31.2 Å². The third-order valence-corrected chi connectivity index (χ3v) is 4.95. The second-order valence-corrected chi connectivity index (χ2v) is 7.78. The molecule has 0 aliphatic rings. The average Bonchev–Trinajstić information content (AvgIpc) is 2.98. The van der Waals surface area contributed by atoms with Crippen LogP contribution in [0.4, 0.5) is 11.4 Å². The monoisotopic (exact) mass is 360 g/mol. The summed E-state index contributed by atoms with van der Waals surface area (Å²) in [4.78, 5) is 10.6. The van der Waals surface area contributed by atoms with Crippen LogP contribution in [-0.2, 0) is 9.84 Å². The number of nitro benzene ring substituents is 1. The van der Waals surface area contributed by atoms with Gasteiger partial charge < -0.3 is 9.73 Å². The number of furan rings is 1. The second-order valence-electron chi connectivity index (χ2n) is 5.76. The number of fused-ring (bicyclic) bond motifs is 1. The van der Waals surface area contributed by atoms with Crippen molar-refractivity contribution in [3.8, 4) is 0 Å². The molecule has 0 aliphatic heterocycles. The molecule has 0 radical (unpaired) electrons. The summed E-state index contributed by atoms with van der Waals surface area (Å²) < 4.78 is 29.0. The minimum Gasteiger partial charge on any atom is -0.459 e. The lowest BCUT2D eigenvalue weighted by Crippen LogP contribution is -2.08. The summed E-state index contributed by atoms with van der Waals surface area (Å²) in [5, 5.41) is 15.3. The lowest BCUT2D eigenvalue weighted by Gasteiger charge is -2.13. The van der Waals surface area contributed by atoms with E-state index in [1.165, 1.54) is 12.1 Å². The Morgan fingerprint density at radius 3 is 2.52 bits per heavy atom. The van der Waals surface area contributed by atoms with Crippen molar-refractivity contribution in [2.75, 3.05) is 11.6 Å². The highest BCUT2D eigenvalue weighted by Crippen LogP contribution is 2.32. The zero-order valence-electron chi connectivity index (χ0n) is 13.6. The van der Waals surface area contributed by atoms with Crippen LogP contribution in [0.15, 0.2) is 57.8 Å². The summed E-state index contributed by atoms with van der Waals surface area (Å²) >= 11 is 0. The molecule has 2 aromatic carbocycles. The van der Waals surface area contributed by atoms with Crippen LogP contribution in [0.3, 0.4) is 0 Å². The first kappa shape index (κ1) is 17.0. The molecule has 130 valence electrons.